The van der Waals surface area contributed by atoms with Crippen molar-refractivity contribution in [3.8, 4) is 0 Å². The molecule has 0 amide bonds. The fraction of sp³-hybridized carbons (Fsp3) is 0.222. The van der Waals surface area contributed by atoms with Crippen LogP contribution in [0.25, 0.3) is 0 Å². The van der Waals surface area contributed by atoms with E-state index in [1.165, 1.54) is 6.20 Å². The Morgan fingerprint density at radius 3 is 2.74 bits per heavy atom. The Kier molecular flexibility index (Phi) is 3.21. The lowest BCUT2D eigenvalue weighted by atomic mass is 10.4. The van der Waals surface area contributed by atoms with Crippen molar-refractivity contribution in [1.29, 1.82) is 0 Å². The van der Waals surface area contributed by atoms with Gasteiger partial charge in [-0.15, -0.1) is 0 Å². The molecule has 19 heavy (non-hydrogen) atoms. The first-order chi connectivity index (χ1) is 8.90. The van der Waals surface area contributed by atoms with Crippen LogP contribution < -0.4 is 0 Å². The van der Waals surface area contributed by atoms with Crippen LogP contribution in [0, 0.1) is 10.1 Å². The second kappa shape index (κ2) is 4.69. The molecule has 0 aliphatic carbocycles. The molecule has 0 radical (unpaired) electrons. The van der Waals surface area contributed by atoms with Gasteiger partial charge in [-0.25, -0.2) is 9.78 Å². The molecule has 2 aromatic rings. The number of carboxylic acid groups (broad SMARTS) is 1. The fourth-order valence-corrected chi connectivity index (χ4v) is 1.64. The fourth-order valence-electron chi connectivity index (χ4n) is 1.49. The zero-order valence-corrected chi connectivity index (χ0v) is 10.4. The van der Waals surface area contributed by atoms with E-state index in [0.29, 0.717) is 11.0 Å². The summed E-state index contributed by atoms with van der Waals surface area (Å²) in [6.45, 7) is 0.0807. The number of aromatic carboxylic acids is 1. The zero-order chi connectivity index (χ0) is 14.2. The van der Waals surface area contributed by atoms with Crippen molar-refractivity contribution in [2.24, 2.45) is 7.05 Å². The predicted octanol–water partition coefficient (Wildman–Crippen LogP) is 0.925. The van der Waals surface area contributed by atoms with Gasteiger partial charge in [-0.2, -0.15) is 5.10 Å². The maximum Gasteiger partial charge on any atom is 0.363 e. The minimum absolute atomic E-state index is 0.0807. The molecule has 0 aliphatic rings. The van der Waals surface area contributed by atoms with Crippen molar-refractivity contribution >= 4 is 23.3 Å². The van der Waals surface area contributed by atoms with Crippen LogP contribution in [0.15, 0.2) is 12.4 Å². The van der Waals surface area contributed by atoms with Crippen molar-refractivity contribution in [3.63, 3.8) is 0 Å². The molecule has 0 atom stereocenters. The minimum Gasteiger partial charge on any atom is -0.476 e. The van der Waals surface area contributed by atoms with Crippen molar-refractivity contribution in [3.05, 3.63) is 39.2 Å². The smallest absolute Gasteiger partial charge is 0.363 e. The van der Waals surface area contributed by atoms with Gasteiger partial charge in [-0.05, 0) is 0 Å². The monoisotopic (exact) mass is 285 g/mol. The third kappa shape index (κ3) is 2.40. The summed E-state index contributed by atoms with van der Waals surface area (Å²) in [7, 11) is 1.67. The molecule has 0 spiro atoms. The van der Waals surface area contributed by atoms with Gasteiger partial charge in [0.05, 0.1) is 17.7 Å². The van der Waals surface area contributed by atoms with E-state index in [4.69, 9.17) is 16.7 Å². The van der Waals surface area contributed by atoms with Gasteiger partial charge in [0.1, 0.15) is 17.2 Å². The number of hydrogen-bond acceptors (Lipinski definition) is 5. The van der Waals surface area contributed by atoms with Crippen molar-refractivity contribution < 1.29 is 14.8 Å². The zero-order valence-electron chi connectivity index (χ0n) is 9.65. The number of nitro groups is 1. The summed E-state index contributed by atoms with van der Waals surface area (Å²) in [6, 6.07) is 0. The molecule has 0 saturated carbocycles. The molecule has 10 heteroatoms. The molecule has 100 valence electrons. The van der Waals surface area contributed by atoms with Crippen LogP contribution in [-0.2, 0) is 13.6 Å². The number of hydrogen-bond donors (Lipinski definition) is 1. The first-order valence-corrected chi connectivity index (χ1v) is 5.39. The van der Waals surface area contributed by atoms with E-state index in [1.54, 1.807) is 11.6 Å². The molecule has 2 heterocycles. The second-order valence-corrected chi connectivity index (χ2v) is 4.07. The highest BCUT2D eigenvalue weighted by atomic mass is 35.5. The highest BCUT2D eigenvalue weighted by Crippen LogP contribution is 2.18. The highest BCUT2D eigenvalue weighted by Gasteiger charge is 2.25. The third-order valence-corrected chi connectivity index (χ3v) is 2.82. The van der Waals surface area contributed by atoms with Gasteiger partial charge in [-0.1, -0.05) is 11.6 Å². The average Bonchev–Trinajstić information content (AvgIpc) is 2.88. The lowest BCUT2D eigenvalue weighted by molar-refractivity contribution is -0.385. The van der Waals surface area contributed by atoms with Crippen LogP contribution in [0.2, 0.25) is 5.15 Å². The van der Waals surface area contributed by atoms with Gasteiger partial charge >= 0.3 is 11.7 Å². The molecule has 0 aliphatic heterocycles. The van der Waals surface area contributed by atoms with Gasteiger partial charge in [0.15, 0.2) is 0 Å². The quantitative estimate of drug-likeness (QED) is 0.659. The van der Waals surface area contributed by atoms with Crippen LogP contribution in [0.1, 0.15) is 16.3 Å². The molecule has 9 nitrogen and oxygen atoms in total. The van der Waals surface area contributed by atoms with E-state index in [1.807, 2.05) is 0 Å². The minimum atomic E-state index is -1.46. The SMILES string of the molecule is Cn1c(Cl)cnc1Cn1cc([N+](=O)[O-])c(C(=O)O)n1. The summed E-state index contributed by atoms with van der Waals surface area (Å²) >= 11 is 5.80. The lowest BCUT2D eigenvalue weighted by Crippen LogP contribution is -2.08. The maximum atomic E-state index is 10.8. The molecule has 0 unspecified atom stereocenters. The molecule has 0 saturated heterocycles. The van der Waals surface area contributed by atoms with Gasteiger partial charge in [0.25, 0.3) is 0 Å². The van der Waals surface area contributed by atoms with E-state index in [9.17, 15) is 14.9 Å². The summed E-state index contributed by atoms with van der Waals surface area (Å²) in [5.74, 6) is -0.956. The number of carboxylic acids is 1. The maximum absolute atomic E-state index is 10.8. The summed E-state index contributed by atoms with van der Waals surface area (Å²) in [6.07, 6.45) is 2.47. The summed E-state index contributed by atoms with van der Waals surface area (Å²) in [5, 5.41) is 23.6. The van der Waals surface area contributed by atoms with Gasteiger partial charge < -0.3 is 9.67 Å². The summed E-state index contributed by atoms with van der Waals surface area (Å²) < 4.78 is 2.70. The number of carbonyl (C=O) groups is 1. The van der Waals surface area contributed by atoms with Crippen LogP contribution in [-0.4, -0.2) is 35.3 Å². The molecule has 0 aromatic carbocycles. The molecular formula is C9H8ClN5O4. The average molecular weight is 286 g/mol. The van der Waals surface area contributed by atoms with Crippen molar-refractivity contribution in [2.45, 2.75) is 6.54 Å². The highest BCUT2D eigenvalue weighted by molar-refractivity contribution is 6.29. The summed E-state index contributed by atoms with van der Waals surface area (Å²) in [4.78, 5) is 24.7. The Labute approximate surface area is 111 Å². The van der Waals surface area contributed by atoms with Gasteiger partial charge in [0.2, 0.25) is 5.69 Å². The molecule has 0 fully saturated rings. The number of nitrogens with zero attached hydrogens (tertiary/aromatic N) is 5. The van der Waals surface area contributed by atoms with Crippen LogP contribution in [0.4, 0.5) is 5.69 Å². The van der Waals surface area contributed by atoms with Gasteiger partial charge in [-0.3, -0.25) is 14.8 Å². The van der Waals surface area contributed by atoms with Crippen LogP contribution in [0.5, 0.6) is 0 Å². The Bertz CT molecular complexity index is 630. The predicted molar refractivity (Wildman–Crippen MR) is 63.2 cm³/mol. The normalized spacial score (nSPS) is 10.6. The van der Waals surface area contributed by atoms with Crippen molar-refractivity contribution in [2.75, 3.05) is 0 Å². The number of imidazole rings is 1. The van der Waals surface area contributed by atoms with E-state index in [0.717, 1.165) is 10.9 Å². The number of rotatable bonds is 4. The van der Waals surface area contributed by atoms with Crippen LogP contribution in [0.3, 0.4) is 0 Å². The molecule has 2 aromatic heterocycles. The van der Waals surface area contributed by atoms with E-state index in [-0.39, 0.29) is 6.54 Å². The Hall–Kier alpha value is -2.42. The molecule has 1 N–H and O–H groups in total. The largest absolute Gasteiger partial charge is 0.476 e. The topological polar surface area (TPSA) is 116 Å². The number of halogens is 1. The first kappa shape index (κ1) is 13.0. The lowest BCUT2D eigenvalue weighted by Gasteiger charge is -2.01. The Morgan fingerprint density at radius 2 is 2.32 bits per heavy atom. The van der Waals surface area contributed by atoms with Crippen molar-refractivity contribution in [1.82, 2.24) is 19.3 Å². The third-order valence-electron chi connectivity index (χ3n) is 2.47. The van der Waals surface area contributed by atoms with E-state index in [2.05, 4.69) is 10.1 Å². The van der Waals surface area contributed by atoms with E-state index < -0.39 is 22.3 Å². The van der Waals surface area contributed by atoms with E-state index >= 15 is 0 Å². The molecular weight excluding hydrogens is 278 g/mol. The summed E-state index contributed by atoms with van der Waals surface area (Å²) in [5.41, 5.74) is -1.17. The number of aromatic nitrogens is 4. The Morgan fingerprint density at radius 1 is 1.63 bits per heavy atom. The standard InChI is InChI=1S/C9H8ClN5O4/c1-13-6(10)2-11-7(13)4-14-3-5(15(18)19)8(12-14)9(16)17/h2-3H,4H2,1H3,(H,16,17). The molecule has 2 rings (SSSR count). The Balaban J connectivity index is 2.36. The van der Waals surface area contributed by atoms with Crippen LogP contribution >= 0.6 is 11.6 Å². The molecule has 0 bridgehead atoms. The van der Waals surface area contributed by atoms with Gasteiger partial charge in [0, 0.05) is 7.05 Å². The second-order valence-electron chi connectivity index (χ2n) is 3.68. The first-order valence-electron chi connectivity index (χ1n) is 5.01.